The number of carbonyl (C=O) groups excluding carboxylic acids is 1. The number of hydrogen-bond acceptors (Lipinski definition) is 4. The van der Waals surface area contributed by atoms with Crippen LogP contribution in [0.5, 0.6) is 0 Å². The van der Waals surface area contributed by atoms with Gasteiger partial charge in [0.15, 0.2) is 0 Å². The molecule has 0 aliphatic rings. The Labute approximate surface area is 150 Å². The molecule has 0 radical (unpaired) electrons. The number of pyridine rings is 1. The van der Waals surface area contributed by atoms with Crippen molar-refractivity contribution in [2.45, 2.75) is 18.2 Å². The number of azo groups is 1. The Bertz CT molecular complexity index is 749. The smallest absolute Gasteiger partial charge is 0.349 e. The molecule has 0 spiro atoms. The van der Waals surface area contributed by atoms with Crippen LogP contribution in [0.1, 0.15) is 11.1 Å². The number of amides is 1. The monoisotopic (exact) mass is 390 g/mol. The summed E-state index contributed by atoms with van der Waals surface area (Å²) in [4.78, 5) is 15.7. The van der Waals surface area contributed by atoms with Crippen LogP contribution in [0.2, 0.25) is 5.15 Å². The van der Waals surface area contributed by atoms with Crippen LogP contribution in [0.3, 0.4) is 0 Å². The third kappa shape index (κ3) is 5.99. The number of nitrogens with one attached hydrogen (secondary N) is 1. The average molecular weight is 391 g/mol. The van der Waals surface area contributed by atoms with Crippen molar-refractivity contribution in [3.05, 3.63) is 58.9 Å². The van der Waals surface area contributed by atoms with Crippen molar-refractivity contribution in [2.75, 3.05) is 0 Å². The van der Waals surface area contributed by atoms with Gasteiger partial charge in [0.2, 0.25) is 5.50 Å². The van der Waals surface area contributed by atoms with Crippen LogP contribution >= 0.6 is 23.2 Å². The number of benzene rings is 1. The van der Waals surface area contributed by atoms with E-state index in [1.54, 1.807) is 12.1 Å². The Morgan fingerprint density at radius 2 is 1.88 bits per heavy atom. The fourth-order valence-electron chi connectivity index (χ4n) is 1.67. The molecule has 5 nitrogen and oxygen atoms in total. The first-order valence-electron chi connectivity index (χ1n) is 6.86. The Hall–Kier alpha value is -2.19. The molecule has 2 aromatic rings. The zero-order valence-corrected chi connectivity index (χ0v) is 14.0. The first kappa shape index (κ1) is 19.1. The number of carbonyl (C=O) groups is 1. The minimum absolute atomic E-state index is 0.147. The summed E-state index contributed by atoms with van der Waals surface area (Å²) in [6.45, 7) is 0.169. The lowest BCUT2D eigenvalue weighted by molar-refractivity contribution is -0.137. The topological polar surface area (TPSA) is 66.7 Å². The summed E-state index contributed by atoms with van der Waals surface area (Å²) in [5.74, 6) is -0.604. The third-order valence-corrected chi connectivity index (χ3v) is 3.45. The van der Waals surface area contributed by atoms with Crippen LogP contribution in [0.25, 0.3) is 0 Å². The molecule has 1 atom stereocenters. The number of rotatable bonds is 5. The van der Waals surface area contributed by atoms with Gasteiger partial charge in [-0.3, -0.25) is 4.79 Å². The predicted octanol–water partition coefficient (Wildman–Crippen LogP) is 4.72. The molecule has 0 fully saturated rings. The van der Waals surface area contributed by atoms with E-state index in [9.17, 15) is 18.0 Å². The van der Waals surface area contributed by atoms with Crippen molar-refractivity contribution in [1.29, 1.82) is 0 Å². The summed E-state index contributed by atoms with van der Waals surface area (Å²) in [6.07, 6.45) is -2.93. The van der Waals surface area contributed by atoms with Gasteiger partial charge in [-0.25, -0.2) is 4.98 Å². The van der Waals surface area contributed by atoms with Crippen molar-refractivity contribution in [3.63, 3.8) is 0 Å². The summed E-state index contributed by atoms with van der Waals surface area (Å²) < 4.78 is 37.3. The molecule has 2 rings (SSSR count). The Kier molecular flexibility index (Phi) is 6.33. The normalized spacial score (nSPS) is 13.0. The molecule has 0 aliphatic heterocycles. The van der Waals surface area contributed by atoms with Gasteiger partial charge in [0.25, 0.3) is 5.91 Å². The van der Waals surface area contributed by atoms with Crippen molar-refractivity contribution in [1.82, 2.24) is 10.3 Å². The Balaban J connectivity index is 1.89. The lowest BCUT2D eigenvalue weighted by Gasteiger charge is -2.07. The van der Waals surface area contributed by atoms with E-state index in [2.05, 4.69) is 20.5 Å². The zero-order valence-electron chi connectivity index (χ0n) is 12.5. The highest BCUT2D eigenvalue weighted by Gasteiger charge is 2.29. The molecule has 0 saturated heterocycles. The molecule has 0 aliphatic carbocycles. The van der Waals surface area contributed by atoms with Crippen LogP contribution in [-0.2, 0) is 17.5 Å². The van der Waals surface area contributed by atoms with Crippen LogP contribution in [0, 0.1) is 0 Å². The number of hydrogen-bond donors (Lipinski definition) is 1. The van der Waals surface area contributed by atoms with E-state index in [1.165, 1.54) is 6.20 Å². The second-order valence-corrected chi connectivity index (χ2v) is 5.60. The van der Waals surface area contributed by atoms with Crippen molar-refractivity contribution in [2.24, 2.45) is 10.2 Å². The quantitative estimate of drug-likeness (QED) is 0.347. The standard InChI is InChI=1S/C15H11Cl2F3N4O/c16-12-6-1-9(7-21-12)8-22-14(25)13(17)24-23-11-4-2-10(3-5-11)15(18,19)20/h1-7,13H,8H2,(H,22,25). The van der Waals surface area contributed by atoms with Gasteiger partial charge in [-0.2, -0.15) is 23.4 Å². The molecule has 1 heterocycles. The fraction of sp³-hybridized carbons (Fsp3) is 0.200. The van der Waals surface area contributed by atoms with Gasteiger partial charge in [-0.05, 0) is 35.9 Å². The van der Waals surface area contributed by atoms with E-state index in [-0.39, 0.29) is 12.2 Å². The van der Waals surface area contributed by atoms with E-state index in [1.807, 2.05) is 0 Å². The Morgan fingerprint density at radius 1 is 1.20 bits per heavy atom. The third-order valence-electron chi connectivity index (χ3n) is 2.94. The van der Waals surface area contributed by atoms with Crippen molar-refractivity contribution in [3.8, 4) is 0 Å². The van der Waals surface area contributed by atoms with Crippen LogP contribution in [0.15, 0.2) is 52.8 Å². The van der Waals surface area contributed by atoms with E-state index >= 15 is 0 Å². The maximum absolute atomic E-state index is 12.4. The molecule has 25 heavy (non-hydrogen) atoms. The highest BCUT2D eigenvalue weighted by atomic mass is 35.5. The van der Waals surface area contributed by atoms with E-state index < -0.39 is 23.1 Å². The van der Waals surface area contributed by atoms with Crippen LogP contribution in [-0.4, -0.2) is 16.4 Å². The summed E-state index contributed by atoms with van der Waals surface area (Å²) in [5.41, 5.74) is -1.26. The summed E-state index contributed by atoms with van der Waals surface area (Å²) >= 11 is 11.4. The number of nitrogens with zero attached hydrogens (tertiary/aromatic N) is 3. The lowest BCUT2D eigenvalue weighted by Crippen LogP contribution is -2.29. The van der Waals surface area contributed by atoms with Gasteiger partial charge in [-0.1, -0.05) is 29.3 Å². The van der Waals surface area contributed by atoms with E-state index in [0.29, 0.717) is 10.7 Å². The molecule has 0 saturated carbocycles. The lowest BCUT2D eigenvalue weighted by atomic mass is 10.2. The largest absolute Gasteiger partial charge is 0.416 e. The first-order chi connectivity index (χ1) is 11.8. The van der Waals surface area contributed by atoms with Crippen LogP contribution < -0.4 is 5.32 Å². The molecule has 1 amide bonds. The van der Waals surface area contributed by atoms with Gasteiger partial charge in [0.05, 0.1) is 11.3 Å². The molecule has 1 aromatic heterocycles. The fourth-order valence-corrected chi connectivity index (χ4v) is 1.90. The number of alkyl halides is 4. The predicted molar refractivity (Wildman–Crippen MR) is 86.7 cm³/mol. The zero-order chi connectivity index (χ0) is 18.4. The van der Waals surface area contributed by atoms with Crippen molar-refractivity contribution < 1.29 is 18.0 Å². The minimum atomic E-state index is -4.43. The van der Waals surface area contributed by atoms with Gasteiger partial charge >= 0.3 is 6.18 Å². The van der Waals surface area contributed by atoms with Gasteiger partial charge in [0, 0.05) is 12.7 Å². The molecule has 10 heteroatoms. The maximum atomic E-state index is 12.4. The summed E-state index contributed by atoms with van der Waals surface area (Å²) in [7, 11) is 0. The second-order valence-electron chi connectivity index (χ2n) is 4.80. The minimum Gasteiger partial charge on any atom is -0.349 e. The van der Waals surface area contributed by atoms with Gasteiger partial charge in [0.1, 0.15) is 5.15 Å². The Morgan fingerprint density at radius 3 is 2.44 bits per heavy atom. The van der Waals surface area contributed by atoms with Crippen LogP contribution in [0.4, 0.5) is 18.9 Å². The summed E-state index contributed by atoms with van der Waals surface area (Å²) in [5, 5.41) is 10.1. The molecule has 1 unspecified atom stereocenters. The highest BCUT2D eigenvalue weighted by molar-refractivity contribution is 6.30. The molecule has 0 bridgehead atoms. The molecule has 1 N–H and O–H groups in total. The SMILES string of the molecule is O=C(NCc1ccc(Cl)nc1)C(Cl)N=Nc1ccc(C(F)(F)F)cc1. The van der Waals surface area contributed by atoms with E-state index in [4.69, 9.17) is 23.2 Å². The number of aromatic nitrogens is 1. The van der Waals surface area contributed by atoms with Gasteiger partial charge in [-0.15, -0.1) is 0 Å². The second kappa shape index (κ2) is 8.26. The summed E-state index contributed by atoms with van der Waals surface area (Å²) in [6, 6.07) is 7.25. The first-order valence-corrected chi connectivity index (χ1v) is 7.67. The molecular formula is C15H11Cl2F3N4O. The maximum Gasteiger partial charge on any atom is 0.416 e. The van der Waals surface area contributed by atoms with Gasteiger partial charge < -0.3 is 5.32 Å². The molecule has 1 aromatic carbocycles. The average Bonchev–Trinajstić information content (AvgIpc) is 2.58. The highest BCUT2D eigenvalue weighted by Crippen LogP contribution is 2.30. The molecular weight excluding hydrogens is 380 g/mol. The molecule has 132 valence electrons. The van der Waals surface area contributed by atoms with Crippen molar-refractivity contribution >= 4 is 34.8 Å². The number of halogens is 5. The van der Waals surface area contributed by atoms with E-state index in [0.717, 1.165) is 24.3 Å².